The van der Waals surface area contributed by atoms with Gasteiger partial charge in [-0.05, 0) is 55.9 Å². The number of pyridine rings is 1. The van der Waals surface area contributed by atoms with Crippen molar-refractivity contribution in [2.45, 2.75) is 26.7 Å². The summed E-state index contributed by atoms with van der Waals surface area (Å²) in [6.45, 7) is 4.73. The Hall–Kier alpha value is -2.23. The first-order valence-corrected chi connectivity index (χ1v) is 7.26. The van der Waals surface area contributed by atoms with E-state index in [1.807, 2.05) is 26.0 Å². The Morgan fingerprint density at radius 1 is 1.19 bits per heavy atom. The number of ether oxygens (including phenoxy) is 2. The van der Waals surface area contributed by atoms with Crippen LogP contribution in [0.2, 0.25) is 0 Å². The highest BCUT2D eigenvalue weighted by molar-refractivity contribution is 5.50. The molecule has 0 spiro atoms. The van der Waals surface area contributed by atoms with Crippen molar-refractivity contribution >= 4 is 5.69 Å². The van der Waals surface area contributed by atoms with Gasteiger partial charge >= 0.3 is 0 Å². The molecule has 1 aliphatic rings. The minimum Gasteiger partial charge on any atom is -0.476 e. The fourth-order valence-electron chi connectivity index (χ4n) is 2.02. The molecule has 1 heterocycles. The number of anilines is 1. The fraction of sp³-hybridized carbons (Fsp3) is 0.353. The van der Waals surface area contributed by atoms with Crippen LogP contribution in [-0.2, 0) is 0 Å². The number of hydrogen-bond acceptors (Lipinski definition) is 4. The number of aromatic nitrogens is 1. The Bertz CT molecular complexity index is 651. The zero-order valence-electron chi connectivity index (χ0n) is 12.4. The van der Waals surface area contributed by atoms with Crippen molar-refractivity contribution in [1.29, 1.82) is 0 Å². The third kappa shape index (κ3) is 3.45. The summed E-state index contributed by atoms with van der Waals surface area (Å²) in [7, 11) is 0. The van der Waals surface area contributed by atoms with E-state index in [9.17, 15) is 0 Å². The van der Waals surface area contributed by atoms with Crippen LogP contribution in [0.4, 0.5) is 5.69 Å². The third-order valence-corrected chi connectivity index (χ3v) is 3.58. The van der Waals surface area contributed by atoms with Gasteiger partial charge in [-0.3, -0.25) is 0 Å². The molecule has 0 radical (unpaired) electrons. The molecular formula is C17H20N2O2. The van der Waals surface area contributed by atoms with Gasteiger partial charge in [0.15, 0.2) is 0 Å². The van der Waals surface area contributed by atoms with Crippen LogP contribution in [0.25, 0.3) is 0 Å². The largest absolute Gasteiger partial charge is 0.476 e. The molecule has 1 aromatic heterocycles. The number of nitrogen functional groups attached to an aromatic ring is 1. The van der Waals surface area contributed by atoms with Crippen molar-refractivity contribution in [3.8, 4) is 17.5 Å². The molecule has 0 bridgehead atoms. The predicted molar refractivity (Wildman–Crippen MR) is 82.9 cm³/mol. The van der Waals surface area contributed by atoms with Crippen LogP contribution < -0.4 is 15.2 Å². The summed E-state index contributed by atoms with van der Waals surface area (Å²) in [5, 5.41) is 0. The van der Waals surface area contributed by atoms with E-state index in [0.717, 1.165) is 16.9 Å². The van der Waals surface area contributed by atoms with Crippen molar-refractivity contribution in [2.75, 3.05) is 12.3 Å². The SMILES string of the molecule is Cc1ccc(C)c(Oc2ccc(N)c(OCC3CC3)n2)c1. The quantitative estimate of drug-likeness (QED) is 0.905. The van der Waals surface area contributed by atoms with Gasteiger partial charge in [0.25, 0.3) is 0 Å². The van der Waals surface area contributed by atoms with Gasteiger partial charge in [0.1, 0.15) is 5.75 Å². The number of aryl methyl sites for hydroxylation is 2. The maximum atomic E-state index is 5.90. The van der Waals surface area contributed by atoms with Crippen LogP contribution in [0, 0.1) is 19.8 Å². The number of rotatable bonds is 5. The summed E-state index contributed by atoms with van der Waals surface area (Å²) in [6, 6.07) is 9.63. The molecule has 0 amide bonds. The van der Waals surface area contributed by atoms with Gasteiger partial charge in [0.05, 0.1) is 12.3 Å². The predicted octanol–water partition coefficient (Wildman–Crippen LogP) is 3.86. The van der Waals surface area contributed by atoms with Gasteiger partial charge in [0.2, 0.25) is 11.8 Å². The molecule has 110 valence electrons. The Morgan fingerprint density at radius 3 is 2.76 bits per heavy atom. The van der Waals surface area contributed by atoms with Crippen LogP contribution in [0.1, 0.15) is 24.0 Å². The van der Waals surface area contributed by atoms with Crippen molar-refractivity contribution in [3.63, 3.8) is 0 Å². The van der Waals surface area contributed by atoms with Gasteiger partial charge in [-0.2, -0.15) is 4.98 Å². The summed E-state index contributed by atoms with van der Waals surface area (Å²) in [4.78, 5) is 4.37. The highest BCUT2D eigenvalue weighted by Gasteiger charge is 2.22. The summed E-state index contributed by atoms with van der Waals surface area (Å²) in [6.07, 6.45) is 2.47. The highest BCUT2D eigenvalue weighted by Crippen LogP contribution is 2.32. The maximum absolute atomic E-state index is 5.90. The molecule has 2 aromatic rings. The zero-order chi connectivity index (χ0) is 14.8. The minimum atomic E-state index is 0.463. The number of benzene rings is 1. The van der Waals surface area contributed by atoms with Gasteiger partial charge < -0.3 is 15.2 Å². The fourth-order valence-corrected chi connectivity index (χ4v) is 2.02. The average molecular weight is 284 g/mol. The van der Waals surface area contributed by atoms with E-state index in [1.54, 1.807) is 12.1 Å². The van der Waals surface area contributed by atoms with Gasteiger partial charge in [-0.25, -0.2) is 0 Å². The Kier molecular flexibility index (Phi) is 3.69. The smallest absolute Gasteiger partial charge is 0.240 e. The summed E-state index contributed by atoms with van der Waals surface area (Å²) >= 11 is 0. The monoisotopic (exact) mass is 284 g/mol. The Morgan fingerprint density at radius 2 is 2.00 bits per heavy atom. The molecule has 1 aliphatic carbocycles. The van der Waals surface area contributed by atoms with E-state index in [2.05, 4.69) is 11.1 Å². The van der Waals surface area contributed by atoms with E-state index in [4.69, 9.17) is 15.2 Å². The normalized spacial score (nSPS) is 14.0. The van der Waals surface area contributed by atoms with Crippen molar-refractivity contribution in [2.24, 2.45) is 5.92 Å². The average Bonchev–Trinajstić information content (AvgIpc) is 3.27. The molecule has 4 nitrogen and oxygen atoms in total. The van der Waals surface area contributed by atoms with Crippen molar-refractivity contribution in [3.05, 3.63) is 41.5 Å². The second-order valence-electron chi connectivity index (χ2n) is 5.67. The summed E-state index contributed by atoms with van der Waals surface area (Å²) in [5.41, 5.74) is 8.66. The van der Waals surface area contributed by atoms with Gasteiger partial charge in [-0.1, -0.05) is 12.1 Å². The second kappa shape index (κ2) is 5.64. The highest BCUT2D eigenvalue weighted by atomic mass is 16.5. The maximum Gasteiger partial charge on any atom is 0.240 e. The van der Waals surface area contributed by atoms with Crippen LogP contribution in [0.5, 0.6) is 17.5 Å². The molecule has 0 atom stereocenters. The van der Waals surface area contributed by atoms with Crippen LogP contribution in [0.3, 0.4) is 0 Å². The molecule has 21 heavy (non-hydrogen) atoms. The molecule has 1 fully saturated rings. The van der Waals surface area contributed by atoms with E-state index in [-0.39, 0.29) is 0 Å². The molecule has 1 saturated carbocycles. The van der Waals surface area contributed by atoms with Gasteiger partial charge in [-0.15, -0.1) is 0 Å². The molecule has 1 aromatic carbocycles. The first kappa shape index (κ1) is 13.7. The molecule has 0 unspecified atom stereocenters. The topological polar surface area (TPSA) is 57.4 Å². The Balaban J connectivity index is 1.78. The Labute approximate surface area is 124 Å². The first-order chi connectivity index (χ1) is 10.1. The van der Waals surface area contributed by atoms with Crippen molar-refractivity contribution in [1.82, 2.24) is 4.98 Å². The number of hydrogen-bond donors (Lipinski definition) is 1. The van der Waals surface area contributed by atoms with Crippen LogP contribution in [-0.4, -0.2) is 11.6 Å². The van der Waals surface area contributed by atoms with Crippen LogP contribution in [0.15, 0.2) is 30.3 Å². The third-order valence-electron chi connectivity index (χ3n) is 3.58. The summed E-state index contributed by atoms with van der Waals surface area (Å²) in [5.74, 6) is 2.43. The standard InChI is InChI=1S/C17H20N2O2/c1-11-3-4-12(2)15(9-11)21-16-8-7-14(18)17(19-16)20-10-13-5-6-13/h3-4,7-9,13H,5-6,10,18H2,1-2H3. The molecule has 0 aliphatic heterocycles. The lowest BCUT2D eigenvalue weighted by atomic mass is 10.1. The second-order valence-corrected chi connectivity index (χ2v) is 5.67. The number of nitrogens with two attached hydrogens (primary N) is 1. The molecule has 3 rings (SSSR count). The van der Waals surface area contributed by atoms with E-state index in [0.29, 0.717) is 30.0 Å². The van der Waals surface area contributed by atoms with E-state index >= 15 is 0 Å². The van der Waals surface area contributed by atoms with Crippen LogP contribution >= 0.6 is 0 Å². The van der Waals surface area contributed by atoms with Gasteiger partial charge in [0, 0.05) is 6.07 Å². The van der Waals surface area contributed by atoms with E-state index in [1.165, 1.54) is 12.8 Å². The minimum absolute atomic E-state index is 0.463. The molecule has 4 heteroatoms. The molecular weight excluding hydrogens is 264 g/mol. The number of nitrogens with zero attached hydrogens (tertiary/aromatic N) is 1. The van der Waals surface area contributed by atoms with Crippen molar-refractivity contribution < 1.29 is 9.47 Å². The first-order valence-electron chi connectivity index (χ1n) is 7.26. The summed E-state index contributed by atoms with van der Waals surface area (Å²) < 4.78 is 11.5. The lowest BCUT2D eigenvalue weighted by Crippen LogP contribution is -2.04. The lowest BCUT2D eigenvalue weighted by Gasteiger charge is -2.11. The molecule has 0 saturated heterocycles. The zero-order valence-corrected chi connectivity index (χ0v) is 12.4. The molecule has 2 N–H and O–H groups in total. The van der Waals surface area contributed by atoms with E-state index < -0.39 is 0 Å². The lowest BCUT2D eigenvalue weighted by molar-refractivity contribution is 0.286.